The average molecular weight is 257 g/mol. The number of carbonyl (C=O) groups excluding carboxylic acids is 1. The van der Waals surface area contributed by atoms with Crippen molar-refractivity contribution in [1.29, 1.82) is 0 Å². The number of benzene rings is 1. The molecule has 1 heterocycles. The van der Waals surface area contributed by atoms with Crippen LogP contribution < -0.4 is 10.6 Å². The molecule has 0 radical (unpaired) electrons. The van der Waals surface area contributed by atoms with Crippen molar-refractivity contribution in [3.8, 4) is 5.75 Å². The van der Waals surface area contributed by atoms with Gasteiger partial charge in [0.25, 0.3) is 5.91 Å². The van der Waals surface area contributed by atoms with Gasteiger partial charge >= 0.3 is 0 Å². The smallest absolute Gasteiger partial charge is 0.259 e. The number of phenolic OH excluding ortho intramolecular Hbond substituents is 1. The van der Waals surface area contributed by atoms with E-state index < -0.39 is 0 Å². The molecule has 5 nitrogen and oxygen atoms in total. The van der Waals surface area contributed by atoms with E-state index in [2.05, 4.69) is 15.6 Å². The standard InChI is InChI=1S/C14H15N3O2/c1-2-15-13-12(7-4-8-16-13)14(19)17-10-5-3-6-11(18)9-10/h3-9,18H,2H2,1H3,(H,15,16)(H,17,19). The van der Waals surface area contributed by atoms with Crippen molar-refractivity contribution in [2.75, 3.05) is 17.2 Å². The average Bonchev–Trinajstić information content (AvgIpc) is 2.39. The van der Waals surface area contributed by atoms with Crippen molar-refractivity contribution in [3.63, 3.8) is 0 Å². The summed E-state index contributed by atoms with van der Waals surface area (Å²) in [7, 11) is 0. The zero-order valence-electron chi connectivity index (χ0n) is 10.6. The van der Waals surface area contributed by atoms with Gasteiger partial charge in [-0.25, -0.2) is 4.98 Å². The van der Waals surface area contributed by atoms with E-state index in [0.29, 0.717) is 23.6 Å². The first-order valence-corrected chi connectivity index (χ1v) is 6.00. The first kappa shape index (κ1) is 12.9. The highest BCUT2D eigenvalue weighted by Gasteiger charge is 2.11. The van der Waals surface area contributed by atoms with Crippen molar-refractivity contribution in [3.05, 3.63) is 48.2 Å². The minimum Gasteiger partial charge on any atom is -0.508 e. The van der Waals surface area contributed by atoms with E-state index in [0.717, 1.165) is 0 Å². The highest BCUT2D eigenvalue weighted by atomic mass is 16.3. The van der Waals surface area contributed by atoms with E-state index in [1.165, 1.54) is 6.07 Å². The fourth-order valence-corrected chi connectivity index (χ4v) is 1.68. The Labute approximate surface area is 111 Å². The molecule has 5 heteroatoms. The SMILES string of the molecule is CCNc1ncccc1C(=O)Nc1cccc(O)c1. The molecule has 1 aromatic heterocycles. The molecule has 1 amide bonds. The third-order valence-corrected chi connectivity index (χ3v) is 2.50. The number of hydrogen-bond acceptors (Lipinski definition) is 4. The van der Waals surface area contributed by atoms with Crippen LogP contribution >= 0.6 is 0 Å². The third kappa shape index (κ3) is 3.22. The van der Waals surface area contributed by atoms with E-state index in [4.69, 9.17) is 0 Å². The minimum atomic E-state index is -0.269. The molecular weight excluding hydrogens is 242 g/mol. The summed E-state index contributed by atoms with van der Waals surface area (Å²) in [5.41, 5.74) is 1.00. The molecule has 0 aliphatic rings. The number of nitrogens with zero attached hydrogens (tertiary/aromatic N) is 1. The number of phenols is 1. The molecule has 0 atom stereocenters. The van der Waals surface area contributed by atoms with E-state index in [1.54, 1.807) is 36.5 Å². The van der Waals surface area contributed by atoms with E-state index in [-0.39, 0.29) is 11.7 Å². The van der Waals surface area contributed by atoms with Crippen LogP contribution in [0.15, 0.2) is 42.6 Å². The summed E-state index contributed by atoms with van der Waals surface area (Å²) in [6.07, 6.45) is 1.63. The van der Waals surface area contributed by atoms with Gasteiger partial charge in [-0.1, -0.05) is 6.07 Å². The number of anilines is 2. The lowest BCUT2D eigenvalue weighted by Gasteiger charge is -2.10. The van der Waals surface area contributed by atoms with Gasteiger partial charge < -0.3 is 15.7 Å². The summed E-state index contributed by atoms with van der Waals surface area (Å²) in [5.74, 6) is 0.383. The van der Waals surface area contributed by atoms with Crippen molar-refractivity contribution in [1.82, 2.24) is 4.98 Å². The van der Waals surface area contributed by atoms with Crippen LogP contribution in [0.3, 0.4) is 0 Å². The molecule has 0 unspecified atom stereocenters. The van der Waals surface area contributed by atoms with Gasteiger partial charge in [0.1, 0.15) is 11.6 Å². The first-order valence-electron chi connectivity index (χ1n) is 6.00. The minimum absolute atomic E-state index is 0.107. The first-order chi connectivity index (χ1) is 9.20. The van der Waals surface area contributed by atoms with Gasteiger partial charge in [-0.3, -0.25) is 4.79 Å². The number of aromatic nitrogens is 1. The second-order valence-corrected chi connectivity index (χ2v) is 3.93. The lowest BCUT2D eigenvalue weighted by Crippen LogP contribution is -2.15. The molecule has 2 aromatic rings. The normalized spacial score (nSPS) is 9.95. The van der Waals surface area contributed by atoms with E-state index in [9.17, 15) is 9.90 Å². The maximum absolute atomic E-state index is 12.1. The van der Waals surface area contributed by atoms with Gasteiger partial charge in [0.05, 0.1) is 5.56 Å². The maximum Gasteiger partial charge on any atom is 0.259 e. The number of hydrogen-bond donors (Lipinski definition) is 3. The lowest BCUT2D eigenvalue weighted by molar-refractivity contribution is 0.102. The van der Waals surface area contributed by atoms with Crippen LogP contribution in [0.25, 0.3) is 0 Å². The molecule has 0 saturated heterocycles. The fraction of sp³-hybridized carbons (Fsp3) is 0.143. The summed E-state index contributed by atoms with van der Waals surface area (Å²) in [6.45, 7) is 2.62. The lowest BCUT2D eigenvalue weighted by atomic mass is 10.2. The molecule has 19 heavy (non-hydrogen) atoms. The van der Waals surface area contributed by atoms with Crippen LogP contribution in [0.1, 0.15) is 17.3 Å². The Balaban J connectivity index is 2.20. The fourth-order valence-electron chi connectivity index (χ4n) is 1.68. The number of rotatable bonds is 4. The van der Waals surface area contributed by atoms with Crippen LogP contribution in [-0.2, 0) is 0 Å². The second kappa shape index (κ2) is 5.86. The second-order valence-electron chi connectivity index (χ2n) is 3.93. The van der Waals surface area contributed by atoms with E-state index >= 15 is 0 Å². The summed E-state index contributed by atoms with van der Waals surface area (Å²) < 4.78 is 0. The Kier molecular flexibility index (Phi) is 3.97. The van der Waals surface area contributed by atoms with Gasteiger partial charge in [0.15, 0.2) is 0 Å². The molecule has 0 fully saturated rings. The molecule has 3 N–H and O–H groups in total. The van der Waals surface area contributed by atoms with Gasteiger partial charge in [0.2, 0.25) is 0 Å². The summed E-state index contributed by atoms with van der Waals surface area (Å²) in [6, 6.07) is 9.81. The van der Waals surface area contributed by atoms with Crippen molar-refractivity contribution >= 4 is 17.4 Å². The van der Waals surface area contributed by atoms with Gasteiger partial charge in [-0.05, 0) is 31.2 Å². The van der Waals surface area contributed by atoms with Crippen LogP contribution in [0.5, 0.6) is 5.75 Å². The largest absolute Gasteiger partial charge is 0.508 e. The number of carbonyl (C=O) groups is 1. The molecule has 0 spiro atoms. The molecule has 0 aliphatic carbocycles. The van der Waals surface area contributed by atoms with Gasteiger partial charge in [-0.15, -0.1) is 0 Å². The number of aromatic hydroxyl groups is 1. The molecule has 0 saturated carbocycles. The Bertz CT molecular complexity index is 584. The van der Waals surface area contributed by atoms with Crippen molar-refractivity contribution in [2.45, 2.75) is 6.92 Å². The van der Waals surface area contributed by atoms with Crippen LogP contribution in [0.2, 0.25) is 0 Å². The highest BCUT2D eigenvalue weighted by molar-refractivity contribution is 6.07. The predicted molar refractivity (Wildman–Crippen MR) is 74.5 cm³/mol. The van der Waals surface area contributed by atoms with E-state index in [1.807, 2.05) is 6.92 Å². The molecule has 1 aromatic carbocycles. The van der Waals surface area contributed by atoms with Crippen molar-refractivity contribution in [2.24, 2.45) is 0 Å². The maximum atomic E-state index is 12.1. The quantitative estimate of drug-likeness (QED) is 0.786. The Hall–Kier alpha value is -2.56. The monoisotopic (exact) mass is 257 g/mol. The number of nitrogens with one attached hydrogen (secondary N) is 2. The Morgan fingerprint density at radius 3 is 2.89 bits per heavy atom. The topological polar surface area (TPSA) is 74.2 Å². The van der Waals surface area contributed by atoms with Crippen LogP contribution in [0.4, 0.5) is 11.5 Å². The Morgan fingerprint density at radius 2 is 2.16 bits per heavy atom. The number of pyridine rings is 1. The van der Waals surface area contributed by atoms with Gasteiger partial charge in [-0.2, -0.15) is 0 Å². The zero-order valence-corrected chi connectivity index (χ0v) is 10.6. The molecule has 0 aliphatic heterocycles. The van der Waals surface area contributed by atoms with Crippen LogP contribution in [-0.4, -0.2) is 22.5 Å². The molecule has 2 rings (SSSR count). The number of amides is 1. The molecular formula is C14H15N3O2. The van der Waals surface area contributed by atoms with Gasteiger partial charge in [0, 0.05) is 24.5 Å². The third-order valence-electron chi connectivity index (χ3n) is 2.50. The highest BCUT2D eigenvalue weighted by Crippen LogP contribution is 2.18. The van der Waals surface area contributed by atoms with Crippen LogP contribution in [0, 0.1) is 0 Å². The predicted octanol–water partition coefficient (Wildman–Crippen LogP) is 2.47. The zero-order chi connectivity index (χ0) is 13.7. The molecule has 0 bridgehead atoms. The summed E-state index contributed by atoms with van der Waals surface area (Å²) in [5, 5.41) is 15.1. The van der Waals surface area contributed by atoms with Crippen molar-refractivity contribution < 1.29 is 9.90 Å². The summed E-state index contributed by atoms with van der Waals surface area (Å²) in [4.78, 5) is 16.3. The Morgan fingerprint density at radius 1 is 1.32 bits per heavy atom. The summed E-state index contributed by atoms with van der Waals surface area (Å²) >= 11 is 0. The molecule has 98 valence electrons.